The van der Waals surface area contributed by atoms with Gasteiger partial charge in [0, 0.05) is 12.6 Å². The van der Waals surface area contributed by atoms with Gasteiger partial charge in [0.25, 0.3) is 0 Å². The molecule has 8 heteroatoms. The van der Waals surface area contributed by atoms with Gasteiger partial charge in [-0.3, -0.25) is 4.68 Å². The lowest BCUT2D eigenvalue weighted by Gasteiger charge is -2.06. The average Bonchev–Trinajstić information content (AvgIpc) is 2.73. The van der Waals surface area contributed by atoms with E-state index in [1.807, 2.05) is 0 Å². The molecular formula is C11H6BrF3N2O2. The molecule has 0 aliphatic rings. The minimum Gasteiger partial charge on any atom is -0.476 e. The lowest BCUT2D eigenvalue weighted by Crippen LogP contribution is -2.01. The highest BCUT2D eigenvalue weighted by molar-refractivity contribution is 9.10. The van der Waals surface area contributed by atoms with Crippen LogP contribution in [0.15, 0.2) is 16.6 Å². The normalized spacial score (nSPS) is 10.8. The number of hydrogen-bond acceptors (Lipinski definition) is 2. The number of aromatic carboxylic acids is 1. The number of halogens is 4. The molecule has 0 bridgehead atoms. The molecule has 0 saturated carbocycles. The predicted molar refractivity (Wildman–Crippen MR) is 63.2 cm³/mol. The van der Waals surface area contributed by atoms with Crippen molar-refractivity contribution in [3.8, 4) is 11.3 Å². The van der Waals surface area contributed by atoms with Crippen LogP contribution in [0.25, 0.3) is 11.3 Å². The molecule has 2 aromatic rings. The maximum atomic E-state index is 13.8. The number of rotatable bonds is 2. The molecule has 0 spiro atoms. The van der Waals surface area contributed by atoms with Crippen LogP contribution >= 0.6 is 15.9 Å². The van der Waals surface area contributed by atoms with E-state index in [1.165, 1.54) is 7.05 Å². The highest BCUT2D eigenvalue weighted by Gasteiger charge is 2.21. The van der Waals surface area contributed by atoms with E-state index in [9.17, 15) is 18.0 Å². The molecule has 0 amide bonds. The largest absolute Gasteiger partial charge is 0.476 e. The summed E-state index contributed by atoms with van der Waals surface area (Å²) < 4.78 is 41.0. The third-order valence-electron chi connectivity index (χ3n) is 2.48. The molecule has 100 valence electrons. The number of carbonyl (C=O) groups is 1. The van der Waals surface area contributed by atoms with E-state index in [0.717, 1.165) is 16.8 Å². The van der Waals surface area contributed by atoms with Crippen molar-refractivity contribution in [1.29, 1.82) is 0 Å². The quantitative estimate of drug-likeness (QED) is 0.678. The predicted octanol–water partition coefficient (Wildman–Crippen LogP) is 2.97. The summed E-state index contributed by atoms with van der Waals surface area (Å²) in [6, 6.07) is 1.80. The minimum absolute atomic E-state index is 0.0415. The Labute approximate surface area is 113 Å². The van der Waals surface area contributed by atoms with E-state index in [2.05, 4.69) is 21.0 Å². The van der Waals surface area contributed by atoms with Gasteiger partial charge in [-0.15, -0.1) is 0 Å². The topological polar surface area (TPSA) is 55.1 Å². The molecule has 1 heterocycles. The Morgan fingerprint density at radius 2 is 1.95 bits per heavy atom. The van der Waals surface area contributed by atoms with Crippen LogP contribution in [-0.2, 0) is 7.05 Å². The van der Waals surface area contributed by atoms with Crippen molar-refractivity contribution in [2.75, 3.05) is 0 Å². The maximum Gasteiger partial charge on any atom is 0.356 e. The first-order chi connectivity index (χ1) is 8.82. The summed E-state index contributed by atoms with van der Waals surface area (Å²) in [5.41, 5.74) is -0.790. The van der Waals surface area contributed by atoms with E-state index in [4.69, 9.17) is 5.11 Å². The molecule has 0 radical (unpaired) electrons. The third-order valence-corrected chi connectivity index (χ3v) is 3.20. The van der Waals surface area contributed by atoms with Gasteiger partial charge in [0.15, 0.2) is 17.3 Å². The first-order valence-corrected chi connectivity index (χ1v) is 5.73. The molecule has 0 unspecified atom stereocenters. The first-order valence-electron chi connectivity index (χ1n) is 4.93. The second kappa shape index (κ2) is 4.69. The molecule has 1 aromatic carbocycles. The molecule has 1 aromatic heterocycles. The number of nitrogens with zero attached hydrogens (tertiary/aromatic N) is 2. The van der Waals surface area contributed by atoms with Crippen molar-refractivity contribution in [2.24, 2.45) is 7.05 Å². The Hall–Kier alpha value is -1.83. The second-order valence-corrected chi connectivity index (χ2v) is 4.48. The van der Waals surface area contributed by atoms with Crippen LogP contribution in [0.4, 0.5) is 13.2 Å². The summed E-state index contributed by atoms with van der Waals surface area (Å²) in [5, 5.41) is 12.4. The summed E-state index contributed by atoms with van der Waals surface area (Å²) >= 11 is 2.58. The zero-order valence-corrected chi connectivity index (χ0v) is 11.0. The fourth-order valence-corrected chi connectivity index (χ4v) is 1.87. The van der Waals surface area contributed by atoms with Crippen LogP contribution in [0.2, 0.25) is 0 Å². The van der Waals surface area contributed by atoms with Crippen LogP contribution in [0.3, 0.4) is 0 Å². The highest BCUT2D eigenvalue weighted by atomic mass is 79.9. The second-order valence-electron chi connectivity index (χ2n) is 3.69. The van der Waals surface area contributed by atoms with Crippen LogP contribution in [0.1, 0.15) is 10.5 Å². The van der Waals surface area contributed by atoms with Gasteiger partial charge in [-0.1, -0.05) is 0 Å². The van der Waals surface area contributed by atoms with Gasteiger partial charge in [-0.2, -0.15) is 5.10 Å². The zero-order chi connectivity index (χ0) is 14.3. The van der Waals surface area contributed by atoms with Crippen molar-refractivity contribution < 1.29 is 23.1 Å². The first kappa shape index (κ1) is 13.6. The van der Waals surface area contributed by atoms with Crippen molar-refractivity contribution in [2.45, 2.75) is 0 Å². The molecule has 0 saturated heterocycles. The molecule has 0 aliphatic carbocycles. The molecular weight excluding hydrogens is 329 g/mol. The van der Waals surface area contributed by atoms with Crippen molar-refractivity contribution in [3.63, 3.8) is 0 Å². The Kier molecular flexibility index (Phi) is 3.36. The minimum atomic E-state index is -1.38. The Balaban J connectivity index is 2.69. The molecule has 1 N–H and O–H groups in total. The molecule has 19 heavy (non-hydrogen) atoms. The highest BCUT2D eigenvalue weighted by Crippen LogP contribution is 2.31. The zero-order valence-electron chi connectivity index (χ0n) is 9.42. The third kappa shape index (κ3) is 2.23. The van der Waals surface area contributed by atoms with E-state index in [0.29, 0.717) is 0 Å². The maximum absolute atomic E-state index is 13.8. The number of carboxylic acids is 1. The number of benzene rings is 1. The van der Waals surface area contributed by atoms with E-state index in [1.54, 1.807) is 0 Å². The molecule has 2 rings (SSSR count). The van der Waals surface area contributed by atoms with Crippen molar-refractivity contribution in [1.82, 2.24) is 9.78 Å². The van der Waals surface area contributed by atoms with Gasteiger partial charge in [0.1, 0.15) is 5.82 Å². The lowest BCUT2D eigenvalue weighted by molar-refractivity contribution is 0.0689. The van der Waals surface area contributed by atoms with Gasteiger partial charge < -0.3 is 5.11 Å². The Bertz CT molecular complexity index is 685. The van der Waals surface area contributed by atoms with Gasteiger partial charge in [0.2, 0.25) is 0 Å². The summed E-state index contributed by atoms with van der Waals surface area (Å²) in [5.74, 6) is -4.98. The van der Waals surface area contributed by atoms with E-state index < -0.39 is 33.5 Å². The van der Waals surface area contributed by atoms with Gasteiger partial charge >= 0.3 is 5.97 Å². The standard InChI is InChI=1S/C11H6BrF3N2O2/c1-17-7(3-6(16-17)11(18)19)4-2-5(13)8(12)10(15)9(4)14/h2-3H,1H3,(H,18,19). The fraction of sp³-hybridized carbons (Fsp3) is 0.0909. The summed E-state index contributed by atoms with van der Waals surface area (Å²) in [6.07, 6.45) is 0. The Morgan fingerprint density at radius 3 is 2.47 bits per heavy atom. The van der Waals surface area contributed by atoms with Crippen molar-refractivity contribution >= 4 is 21.9 Å². The van der Waals surface area contributed by atoms with Gasteiger partial charge in [-0.05, 0) is 28.1 Å². The molecule has 0 aliphatic heterocycles. The fourth-order valence-electron chi connectivity index (χ4n) is 1.58. The summed E-state index contributed by atoms with van der Waals surface area (Å²) in [4.78, 5) is 10.7. The number of aryl methyl sites for hydroxylation is 1. The number of hydrogen-bond donors (Lipinski definition) is 1. The van der Waals surface area contributed by atoms with Crippen LogP contribution in [0, 0.1) is 17.5 Å². The average molecular weight is 335 g/mol. The SMILES string of the molecule is Cn1nc(C(=O)O)cc1-c1cc(F)c(Br)c(F)c1F. The summed E-state index contributed by atoms with van der Waals surface area (Å²) in [7, 11) is 1.35. The monoisotopic (exact) mass is 334 g/mol. The molecule has 0 atom stereocenters. The molecule has 4 nitrogen and oxygen atoms in total. The van der Waals surface area contributed by atoms with E-state index >= 15 is 0 Å². The number of aromatic nitrogens is 2. The smallest absolute Gasteiger partial charge is 0.356 e. The summed E-state index contributed by atoms with van der Waals surface area (Å²) in [6.45, 7) is 0. The van der Waals surface area contributed by atoms with E-state index in [-0.39, 0.29) is 11.4 Å². The van der Waals surface area contributed by atoms with Crippen LogP contribution < -0.4 is 0 Å². The van der Waals surface area contributed by atoms with Crippen LogP contribution in [-0.4, -0.2) is 20.9 Å². The van der Waals surface area contributed by atoms with Gasteiger partial charge in [0.05, 0.1) is 10.2 Å². The van der Waals surface area contributed by atoms with Gasteiger partial charge in [-0.25, -0.2) is 18.0 Å². The molecule has 0 fully saturated rings. The van der Waals surface area contributed by atoms with Crippen molar-refractivity contribution in [3.05, 3.63) is 39.8 Å². The number of carboxylic acid groups (broad SMARTS) is 1. The Morgan fingerprint density at radius 1 is 1.32 bits per heavy atom. The van der Waals surface area contributed by atoms with Crippen LogP contribution in [0.5, 0.6) is 0 Å². The lowest BCUT2D eigenvalue weighted by atomic mass is 10.1.